The monoisotopic (exact) mass is 297 g/mol. The number of nitrogens with zero attached hydrogens (tertiary/aromatic N) is 2. The number of phenols is 1. The zero-order valence-electron chi connectivity index (χ0n) is 11.7. The fourth-order valence-electron chi connectivity index (χ4n) is 2.49. The Hall–Kier alpha value is -3.02. The van der Waals surface area contributed by atoms with E-state index in [1.165, 1.54) is 6.07 Å². The third kappa shape index (κ3) is 2.71. The second kappa shape index (κ2) is 5.77. The van der Waals surface area contributed by atoms with Crippen LogP contribution >= 0.6 is 0 Å². The molecule has 1 unspecified atom stereocenters. The lowest BCUT2D eigenvalue weighted by atomic mass is 10.1. The van der Waals surface area contributed by atoms with Crippen molar-refractivity contribution in [2.24, 2.45) is 0 Å². The minimum absolute atomic E-state index is 0.0636. The summed E-state index contributed by atoms with van der Waals surface area (Å²) in [5.41, 5.74) is 1.66. The van der Waals surface area contributed by atoms with Crippen molar-refractivity contribution in [2.45, 2.75) is 12.7 Å². The average molecular weight is 297 g/mol. The molecule has 0 radical (unpaired) electrons. The summed E-state index contributed by atoms with van der Waals surface area (Å²) in [6.45, 7) is 0.504. The minimum atomic E-state index is -0.404. The van der Waals surface area contributed by atoms with Gasteiger partial charge in [-0.2, -0.15) is 0 Å². The second-order valence-corrected chi connectivity index (χ2v) is 5.04. The van der Waals surface area contributed by atoms with Gasteiger partial charge in [0.1, 0.15) is 11.9 Å². The zero-order valence-corrected chi connectivity index (χ0v) is 11.7. The molecule has 112 valence electrons. The van der Waals surface area contributed by atoms with Gasteiger partial charge in [-0.05, 0) is 6.07 Å². The number of non-ortho nitro benzene ring substituents is 1. The molecule has 1 aliphatic heterocycles. The molecule has 1 atom stereocenters. The van der Waals surface area contributed by atoms with E-state index in [0.29, 0.717) is 6.54 Å². The fourth-order valence-corrected chi connectivity index (χ4v) is 2.49. The summed E-state index contributed by atoms with van der Waals surface area (Å²) < 4.78 is 0. The molecular weight excluding hydrogens is 282 g/mol. The smallest absolute Gasteiger partial charge is 0.269 e. The Bertz CT molecular complexity index is 730. The highest BCUT2D eigenvalue weighted by Gasteiger charge is 2.23. The van der Waals surface area contributed by atoms with Crippen LogP contribution < -0.4 is 5.32 Å². The van der Waals surface area contributed by atoms with E-state index in [1.54, 1.807) is 30.5 Å². The van der Waals surface area contributed by atoms with Gasteiger partial charge in [-0.15, -0.1) is 0 Å². The van der Waals surface area contributed by atoms with Crippen molar-refractivity contribution in [2.75, 3.05) is 0 Å². The molecule has 22 heavy (non-hydrogen) atoms. The fraction of sp³-hybridized carbons (Fsp3) is 0.125. The third-order valence-corrected chi connectivity index (χ3v) is 3.59. The largest absolute Gasteiger partial charge is 0.508 e. The number of benzene rings is 2. The number of phenolic OH excluding ortho intramolecular Hbond substituents is 1. The van der Waals surface area contributed by atoms with Crippen LogP contribution in [0.15, 0.2) is 60.9 Å². The lowest BCUT2D eigenvalue weighted by Crippen LogP contribution is -2.26. The number of rotatable bonds is 4. The molecule has 0 saturated carbocycles. The highest BCUT2D eigenvalue weighted by molar-refractivity contribution is 5.37. The van der Waals surface area contributed by atoms with Crippen molar-refractivity contribution in [1.82, 2.24) is 10.2 Å². The van der Waals surface area contributed by atoms with Gasteiger partial charge in [0.25, 0.3) is 5.69 Å². The number of aromatic hydroxyl groups is 1. The van der Waals surface area contributed by atoms with Gasteiger partial charge in [0, 0.05) is 42.2 Å². The number of hydrogen-bond acceptors (Lipinski definition) is 5. The maximum absolute atomic E-state index is 10.9. The first-order valence-electron chi connectivity index (χ1n) is 6.85. The van der Waals surface area contributed by atoms with Crippen LogP contribution in [0, 0.1) is 10.1 Å². The van der Waals surface area contributed by atoms with Crippen molar-refractivity contribution >= 4 is 5.69 Å². The first-order chi connectivity index (χ1) is 10.6. The number of para-hydroxylation sites is 1. The number of nitro groups is 1. The Morgan fingerprint density at radius 1 is 1.23 bits per heavy atom. The molecule has 0 aromatic heterocycles. The van der Waals surface area contributed by atoms with Gasteiger partial charge < -0.3 is 15.3 Å². The standard InChI is InChI=1S/C16H15N3O3/c20-15-7-2-1-4-13(15)11-18-9-8-17-16(18)12-5-3-6-14(10-12)19(21)22/h1-10,16-17,20H,11H2. The average Bonchev–Trinajstić information content (AvgIpc) is 2.98. The number of nitro benzene ring substituents is 1. The molecule has 2 aromatic carbocycles. The molecule has 6 heteroatoms. The molecule has 0 spiro atoms. The highest BCUT2D eigenvalue weighted by atomic mass is 16.6. The van der Waals surface area contributed by atoms with Gasteiger partial charge in [-0.1, -0.05) is 30.3 Å². The second-order valence-electron chi connectivity index (χ2n) is 5.04. The summed E-state index contributed by atoms with van der Waals surface area (Å²) >= 11 is 0. The molecule has 1 heterocycles. The molecule has 6 nitrogen and oxygen atoms in total. The molecule has 2 aromatic rings. The summed E-state index contributed by atoms with van der Waals surface area (Å²) in [6, 6.07) is 13.7. The lowest BCUT2D eigenvalue weighted by molar-refractivity contribution is -0.385. The van der Waals surface area contributed by atoms with Crippen molar-refractivity contribution in [1.29, 1.82) is 0 Å². The summed E-state index contributed by atoms with van der Waals surface area (Å²) in [6.07, 6.45) is 3.47. The molecule has 0 amide bonds. The molecule has 2 N–H and O–H groups in total. The molecule has 0 fully saturated rings. The van der Waals surface area contributed by atoms with Gasteiger partial charge >= 0.3 is 0 Å². The van der Waals surface area contributed by atoms with Crippen molar-refractivity contribution < 1.29 is 10.0 Å². The zero-order chi connectivity index (χ0) is 15.5. The van der Waals surface area contributed by atoms with Crippen molar-refractivity contribution in [3.05, 3.63) is 82.2 Å². The van der Waals surface area contributed by atoms with Gasteiger partial charge in [-0.3, -0.25) is 10.1 Å². The van der Waals surface area contributed by atoms with Gasteiger partial charge in [0.2, 0.25) is 0 Å². The Morgan fingerprint density at radius 2 is 2.05 bits per heavy atom. The summed E-state index contributed by atoms with van der Waals surface area (Å²) in [5, 5.41) is 24.0. The van der Waals surface area contributed by atoms with Gasteiger partial charge in [0.15, 0.2) is 0 Å². The Labute approximate surface area is 127 Å². The normalized spacial score (nSPS) is 16.5. The third-order valence-electron chi connectivity index (χ3n) is 3.59. The molecule has 0 saturated heterocycles. The van der Waals surface area contributed by atoms with Gasteiger partial charge in [-0.25, -0.2) is 0 Å². The van der Waals surface area contributed by atoms with Crippen LogP contribution in [0.2, 0.25) is 0 Å². The Balaban J connectivity index is 1.84. The molecular formula is C16H15N3O3. The van der Waals surface area contributed by atoms with Gasteiger partial charge in [0.05, 0.1) is 4.92 Å². The van der Waals surface area contributed by atoms with Crippen LogP contribution in [0.4, 0.5) is 5.69 Å². The van der Waals surface area contributed by atoms with Crippen LogP contribution in [0.3, 0.4) is 0 Å². The first kappa shape index (κ1) is 13.9. The predicted octanol–water partition coefficient (Wildman–Crippen LogP) is 2.88. The molecule has 1 aliphatic rings. The van der Waals surface area contributed by atoms with Crippen molar-refractivity contribution in [3.63, 3.8) is 0 Å². The quantitative estimate of drug-likeness (QED) is 0.670. The predicted molar refractivity (Wildman–Crippen MR) is 81.8 cm³/mol. The summed E-state index contributed by atoms with van der Waals surface area (Å²) in [7, 11) is 0. The molecule has 0 aliphatic carbocycles. The Morgan fingerprint density at radius 3 is 2.82 bits per heavy atom. The van der Waals surface area contributed by atoms with E-state index in [2.05, 4.69) is 5.32 Å². The van der Waals surface area contributed by atoms with Crippen LogP contribution in [0.5, 0.6) is 5.75 Å². The van der Waals surface area contributed by atoms with E-state index in [9.17, 15) is 15.2 Å². The minimum Gasteiger partial charge on any atom is -0.508 e. The van der Waals surface area contributed by atoms with E-state index in [1.807, 2.05) is 29.3 Å². The number of nitrogens with one attached hydrogen (secondary N) is 1. The van der Waals surface area contributed by atoms with E-state index in [4.69, 9.17) is 0 Å². The van der Waals surface area contributed by atoms with E-state index in [0.717, 1.165) is 11.1 Å². The lowest BCUT2D eigenvalue weighted by Gasteiger charge is -2.26. The topological polar surface area (TPSA) is 78.6 Å². The van der Waals surface area contributed by atoms with Crippen LogP contribution in [-0.2, 0) is 6.54 Å². The van der Waals surface area contributed by atoms with E-state index in [-0.39, 0.29) is 17.6 Å². The van der Waals surface area contributed by atoms with E-state index >= 15 is 0 Å². The van der Waals surface area contributed by atoms with E-state index < -0.39 is 4.92 Å². The number of hydrogen-bond donors (Lipinski definition) is 2. The van der Waals surface area contributed by atoms with Crippen LogP contribution in [0.1, 0.15) is 17.3 Å². The summed E-state index contributed by atoms with van der Waals surface area (Å²) in [4.78, 5) is 12.5. The maximum Gasteiger partial charge on any atom is 0.269 e. The van der Waals surface area contributed by atoms with Crippen molar-refractivity contribution in [3.8, 4) is 5.75 Å². The highest BCUT2D eigenvalue weighted by Crippen LogP contribution is 2.28. The molecule has 0 bridgehead atoms. The Kier molecular flexibility index (Phi) is 3.65. The molecule has 3 rings (SSSR count). The summed E-state index contributed by atoms with van der Waals surface area (Å²) in [5.74, 6) is 0.237. The first-order valence-corrected chi connectivity index (χ1v) is 6.85. The maximum atomic E-state index is 10.9. The SMILES string of the molecule is O=[N+]([O-])c1cccc(C2NC=CN2Cc2ccccc2O)c1. The van der Waals surface area contributed by atoms with Crippen LogP contribution in [-0.4, -0.2) is 14.9 Å². The van der Waals surface area contributed by atoms with Crippen LogP contribution in [0.25, 0.3) is 0 Å².